The topological polar surface area (TPSA) is 147 Å². The van der Waals surface area contributed by atoms with Gasteiger partial charge >= 0.3 is 0 Å². The lowest BCUT2D eigenvalue weighted by molar-refractivity contribution is 0.0883. The summed E-state index contributed by atoms with van der Waals surface area (Å²) in [6.07, 6.45) is 4.60. The van der Waals surface area contributed by atoms with Crippen molar-refractivity contribution < 1.29 is 13.5 Å². The van der Waals surface area contributed by atoms with E-state index in [1.165, 1.54) is 12.1 Å². The fourth-order valence-electron chi connectivity index (χ4n) is 4.11. The fraction of sp³-hybridized carbons (Fsp3) is 0.429. The van der Waals surface area contributed by atoms with Crippen LogP contribution in [0.2, 0.25) is 0 Å². The van der Waals surface area contributed by atoms with Gasteiger partial charge in [0.15, 0.2) is 5.65 Å². The van der Waals surface area contributed by atoms with Gasteiger partial charge in [-0.1, -0.05) is 6.07 Å². The highest BCUT2D eigenvalue weighted by atomic mass is 32.2. The number of primary sulfonamides is 1. The summed E-state index contributed by atoms with van der Waals surface area (Å²) in [7, 11) is -3.81. The van der Waals surface area contributed by atoms with Crippen molar-refractivity contribution >= 4 is 33.0 Å². The van der Waals surface area contributed by atoms with Crippen LogP contribution in [0.4, 0.5) is 17.3 Å². The number of aliphatic hydroxyl groups excluding tert-OH is 1. The Balaban J connectivity index is 1.47. The molecule has 2 aliphatic rings. The molecule has 10 nitrogen and oxygen atoms in total. The van der Waals surface area contributed by atoms with Gasteiger partial charge in [0.1, 0.15) is 11.6 Å². The third-order valence-electron chi connectivity index (χ3n) is 6.09. The Morgan fingerprint density at radius 1 is 1.25 bits per heavy atom. The molecule has 1 saturated heterocycles. The number of aliphatic hydroxyl groups is 1. The SMILES string of the molecule is NS(=O)(=O)c1cccc(Nc2cc(NC[C@@H]3CCNC[C@H]3O)nc3c(C4CC4)cnn23)c1. The van der Waals surface area contributed by atoms with Crippen LogP contribution in [0.5, 0.6) is 0 Å². The van der Waals surface area contributed by atoms with Crippen LogP contribution in [0.25, 0.3) is 5.65 Å². The number of β-amino-alcohol motifs (C(OH)–C–C–N with tert-alkyl or cyclic N) is 1. The number of piperidine rings is 1. The van der Waals surface area contributed by atoms with Gasteiger partial charge in [0.2, 0.25) is 10.0 Å². The lowest BCUT2D eigenvalue weighted by Gasteiger charge is -2.28. The van der Waals surface area contributed by atoms with Gasteiger partial charge in [-0.3, -0.25) is 0 Å². The fourth-order valence-corrected chi connectivity index (χ4v) is 4.67. The van der Waals surface area contributed by atoms with Crippen LogP contribution in [-0.2, 0) is 10.0 Å². The molecule has 0 unspecified atom stereocenters. The van der Waals surface area contributed by atoms with E-state index in [-0.39, 0.29) is 10.8 Å². The molecule has 2 aromatic heterocycles. The van der Waals surface area contributed by atoms with Crippen molar-refractivity contribution in [3.63, 3.8) is 0 Å². The van der Waals surface area contributed by atoms with E-state index in [1.54, 1.807) is 16.6 Å². The second kappa shape index (κ2) is 8.32. The summed E-state index contributed by atoms with van der Waals surface area (Å²) in [4.78, 5) is 4.83. The molecule has 1 saturated carbocycles. The van der Waals surface area contributed by atoms with Crippen molar-refractivity contribution in [1.82, 2.24) is 19.9 Å². The average Bonchev–Trinajstić information content (AvgIpc) is 3.52. The first-order chi connectivity index (χ1) is 15.4. The van der Waals surface area contributed by atoms with Crippen LogP contribution in [0.15, 0.2) is 41.4 Å². The number of hydrogen-bond acceptors (Lipinski definition) is 8. The molecule has 0 radical (unpaired) electrons. The Kier molecular flexibility index (Phi) is 5.49. The summed E-state index contributed by atoms with van der Waals surface area (Å²) in [5.74, 6) is 1.95. The van der Waals surface area contributed by atoms with Gasteiger partial charge in [0.25, 0.3) is 0 Å². The minimum atomic E-state index is -3.81. The van der Waals surface area contributed by atoms with E-state index in [4.69, 9.17) is 10.1 Å². The second-order valence-corrected chi connectivity index (χ2v) is 10.1. The van der Waals surface area contributed by atoms with Crippen LogP contribution >= 0.6 is 0 Å². The molecule has 0 bridgehead atoms. The molecule has 0 spiro atoms. The van der Waals surface area contributed by atoms with E-state index in [0.29, 0.717) is 36.3 Å². The lowest BCUT2D eigenvalue weighted by Crippen LogP contribution is -2.43. The van der Waals surface area contributed by atoms with E-state index in [9.17, 15) is 13.5 Å². The van der Waals surface area contributed by atoms with Crippen LogP contribution in [0.3, 0.4) is 0 Å². The molecule has 2 atom stereocenters. The Morgan fingerprint density at radius 2 is 2.09 bits per heavy atom. The maximum absolute atomic E-state index is 11.7. The highest BCUT2D eigenvalue weighted by Gasteiger charge is 2.28. The van der Waals surface area contributed by atoms with Gasteiger partial charge in [0.05, 0.1) is 17.2 Å². The summed E-state index contributed by atoms with van der Waals surface area (Å²) in [5, 5.41) is 29.9. The highest BCUT2D eigenvalue weighted by Crippen LogP contribution is 2.42. The molecule has 1 aromatic carbocycles. The monoisotopic (exact) mass is 457 g/mol. The number of benzene rings is 1. The second-order valence-electron chi connectivity index (χ2n) is 8.54. The quantitative estimate of drug-likeness (QED) is 0.358. The molecule has 1 aliphatic heterocycles. The molecule has 3 heterocycles. The Hall–Kier alpha value is -2.73. The summed E-state index contributed by atoms with van der Waals surface area (Å²) >= 11 is 0. The number of rotatable bonds is 7. The maximum Gasteiger partial charge on any atom is 0.238 e. The number of fused-ring (bicyclic) bond motifs is 1. The molecule has 6 N–H and O–H groups in total. The first-order valence-corrected chi connectivity index (χ1v) is 12.3. The normalized spacial score (nSPS) is 21.6. The third kappa shape index (κ3) is 4.42. The van der Waals surface area contributed by atoms with Crippen molar-refractivity contribution in [2.45, 2.75) is 36.2 Å². The molecule has 5 rings (SSSR count). The molecule has 2 fully saturated rings. The van der Waals surface area contributed by atoms with Crippen LogP contribution in [0.1, 0.15) is 30.7 Å². The van der Waals surface area contributed by atoms with Gasteiger partial charge in [-0.25, -0.2) is 18.5 Å². The molecule has 1 aliphatic carbocycles. The van der Waals surface area contributed by atoms with Crippen LogP contribution < -0.4 is 21.1 Å². The minimum absolute atomic E-state index is 0.0326. The van der Waals surface area contributed by atoms with Crippen molar-refractivity contribution in [3.8, 4) is 0 Å². The zero-order valence-corrected chi connectivity index (χ0v) is 18.3. The van der Waals surface area contributed by atoms with Crippen molar-refractivity contribution in [2.24, 2.45) is 11.1 Å². The smallest absolute Gasteiger partial charge is 0.238 e. The zero-order chi connectivity index (χ0) is 22.3. The Morgan fingerprint density at radius 3 is 2.84 bits per heavy atom. The van der Waals surface area contributed by atoms with Crippen molar-refractivity contribution in [3.05, 3.63) is 42.1 Å². The first kappa shape index (κ1) is 21.1. The standard InChI is InChI=1S/C21H27N7O3S/c22-32(30,31)16-3-1-2-15(8-16)26-20-9-19(24-10-14-6-7-23-12-18(14)29)27-21-17(13-4-5-13)11-25-28(20)21/h1-3,8-9,11,13-14,18,23,26,29H,4-7,10,12H2,(H,24,27)(H2,22,30,31)/t14-,18+/m0/s1. The average molecular weight is 458 g/mol. The molecular formula is C21H27N7O3S. The van der Waals surface area contributed by atoms with Gasteiger partial charge in [0, 0.05) is 36.3 Å². The highest BCUT2D eigenvalue weighted by molar-refractivity contribution is 7.89. The molecule has 11 heteroatoms. The number of nitrogens with two attached hydrogens (primary N) is 1. The summed E-state index contributed by atoms with van der Waals surface area (Å²) in [6.45, 7) is 2.09. The van der Waals surface area contributed by atoms with Crippen molar-refractivity contribution in [1.29, 1.82) is 0 Å². The number of nitrogens with one attached hydrogen (secondary N) is 3. The predicted molar refractivity (Wildman–Crippen MR) is 122 cm³/mol. The van der Waals surface area contributed by atoms with Gasteiger partial charge in [-0.2, -0.15) is 9.61 Å². The van der Waals surface area contributed by atoms with Crippen LogP contribution in [-0.4, -0.2) is 53.9 Å². The zero-order valence-electron chi connectivity index (χ0n) is 17.5. The largest absolute Gasteiger partial charge is 0.391 e. The summed E-state index contributed by atoms with van der Waals surface area (Å²) in [5.41, 5.74) is 2.46. The predicted octanol–water partition coefficient (Wildman–Crippen LogP) is 1.38. The van der Waals surface area contributed by atoms with E-state index >= 15 is 0 Å². The molecule has 3 aromatic rings. The Bertz CT molecular complexity index is 1240. The number of aromatic nitrogens is 3. The maximum atomic E-state index is 11.7. The minimum Gasteiger partial charge on any atom is -0.391 e. The molecule has 0 amide bonds. The van der Waals surface area contributed by atoms with Gasteiger partial charge in [-0.05, 0) is 49.9 Å². The third-order valence-corrected chi connectivity index (χ3v) is 7.00. The summed E-state index contributed by atoms with van der Waals surface area (Å²) in [6, 6.07) is 8.19. The number of nitrogens with zero attached hydrogens (tertiary/aromatic N) is 3. The molecular weight excluding hydrogens is 430 g/mol. The Labute approximate surface area is 186 Å². The van der Waals surface area contributed by atoms with E-state index in [2.05, 4.69) is 21.0 Å². The first-order valence-electron chi connectivity index (χ1n) is 10.8. The number of sulfonamides is 1. The molecule has 32 heavy (non-hydrogen) atoms. The van der Waals surface area contributed by atoms with E-state index < -0.39 is 16.1 Å². The van der Waals surface area contributed by atoms with Gasteiger partial charge < -0.3 is 21.1 Å². The number of anilines is 3. The van der Waals surface area contributed by atoms with Gasteiger partial charge in [-0.15, -0.1) is 0 Å². The number of hydrogen-bond donors (Lipinski definition) is 5. The lowest BCUT2D eigenvalue weighted by atomic mass is 9.95. The molecule has 170 valence electrons. The van der Waals surface area contributed by atoms with E-state index in [0.717, 1.165) is 37.0 Å². The van der Waals surface area contributed by atoms with Crippen molar-refractivity contribution in [2.75, 3.05) is 30.3 Å². The summed E-state index contributed by atoms with van der Waals surface area (Å²) < 4.78 is 25.2. The van der Waals surface area contributed by atoms with Crippen LogP contribution in [0, 0.1) is 5.92 Å². The van der Waals surface area contributed by atoms with E-state index in [1.807, 2.05) is 12.3 Å².